The normalized spacial score (nSPS) is 10.8. The summed E-state index contributed by atoms with van der Waals surface area (Å²) in [7, 11) is -2.24. The van der Waals surface area contributed by atoms with Crippen LogP contribution in [0.15, 0.2) is 53.4 Å². The van der Waals surface area contributed by atoms with Crippen molar-refractivity contribution in [1.82, 2.24) is 10.0 Å². The number of urea groups is 1. The van der Waals surface area contributed by atoms with E-state index in [4.69, 9.17) is 9.47 Å². The van der Waals surface area contributed by atoms with E-state index in [0.717, 1.165) is 5.56 Å². The van der Waals surface area contributed by atoms with Crippen molar-refractivity contribution < 1.29 is 32.3 Å². The van der Waals surface area contributed by atoms with E-state index in [2.05, 4.69) is 10.0 Å². The van der Waals surface area contributed by atoms with Gasteiger partial charge in [-0.05, 0) is 43.3 Å². The smallest absolute Gasteiger partial charge is 0.325 e. The van der Waals surface area contributed by atoms with E-state index in [9.17, 15) is 22.8 Å². The molecule has 0 unspecified atom stereocenters. The Morgan fingerprint density at radius 2 is 1.61 bits per heavy atom. The lowest BCUT2D eigenvalue weighted by molar-refractivity contribution is -0.148. The molecule has 3 N–H and O–H groups in total. The van der Waals surface area contributed by atoms with Gasteiger partial charge in [0.15, 0.2) is 6.61 Å². The number of amides is 3. The summed E-state index contributed by atoms with van der Waals surface area (Å²) >= 11 is 0. The second-order valence-electron chi connectivity index (χ2n) is 6.35. The molecule has 31 heavy (non-hydrogen) atoms. The van der Waals surface area contributed by atoms with E-state index >= 15 is 0 Å². The summed E-state index contributed by atoms with van der Waals surface area (Å²) in [6.45, 7) is 0.951. The van der Waals surface area contributed by atoms with Crippen LogP contribution in [0.3, 0.4) is 0 Å². The molecule has 0 aliphatic rings. The molecule has 2 aromatic rings. The number of carbonyl (C=O) groups is 3. The number of hydrogen-bond donors (Lipinski definition) is 3. The highest BCUT2D eigenvalue weighted by atomic mass is 32.2. The van der Waals surface area contributed by atoms with Crippen molar-refractivity contribution in [3.63, 3.8) is 0 Å². The SMILES string of the molecule is COc1ccc(NC(=O)NC(=O)COC(=O)CCNS(=O)(=O)c2ccc(C)cc2)cc1. The largest absolute Gasteiger partial charge is 0.497 e. The molecule has 0 aliphatic heterocycles. The Hall–Kier alpha value is -3.44. The lowest BCUT2D eigenvalue weighted by Gasteiger charge is -2.09. The third kappa shape index (κ3) is 8.07. The molecular formula is C20H23N3O7S. The topological polar surface area (TPSA) is 140 Å². The summed E-state index contributed by atoms with van der Waals surface area (Å²) in [6, 6.07) is 11.9. The number of nitrogens with one attached hydrogen (secondary N) is 3. The van der Waals surface area contributed by atoms with Crippen LogP contribution in [0.25, 0.3) is 0 Å². The van der Waals surface area contributed by atoms with Gasteiger partial charge in [-0.15, -0.1) is 0 Å². The molecule has 0 saturated heterocycles. The van der Waals surface area contributed by atoms with E-state index in [1.165, 1.54) is 19.2 Å². The first-order valence-corrected chi connectivity index (χ1v) is 10.6. The lowest BCUT2D eigenvalue weighted by Crippen LogP contribution is -2.37. The third-order valence-corrected chi connectivity index (χ3v) is 5.39. The fourth-order valence-electron chi connectivity index (χ4n) is 2.31. The van der Waals surface area contributed by atoms with Crippen LogP contribution in [-0.4, -0.2) is 46.6 Å². The van der Waals surface area contributed by atoms with E-state index in [1.807, 2.05) is 12.2 Å². The minimum Gasteiger partial charge on any atom is -0.497 e. The summed E-state index contributed by atoms with van der Waals surface area (Å²) in [5.41, 5.74) is 1.35. The predicted molar refractivity (Wildman–Crippen MR) is 112 cm³/mol. The van der Waals surface area contributed by atoms with Gasteiger partial charge in [0.05, 0.1) is 18.4 Å². The van der Waals surface area contributed by atoms with E-state index in [1.54, 1.807) is 36.4 Å². The molecule has 0 saturated carbocycles. The number of aryl methyl sites for hydroxylation is 1. The molecule has 0 heterocycles. The van der Waals surface area contributed by atoms with Gasteiger partial charge in [-0.3, -0.25) is 14.9 Å². The molecule has 0 fully saturated rings. The van der Waals surface area contributed by atoms with Gasteiger partial charge in [0.25, 0.3) is 5.91 Å². The molecule has 11 heteroatoms. The zero-order chi connectivity index (χ0) is 22.9. The first-order valence-electron chi connectivity index (χ1n) is 9.16. The highest BCUT2D eigenvalue weighted by Gasteiger charge is 2.15. The first-order chi connectivity index (χ1) is 14.7. The average Bonchev–Trinajstić information content (AvgIpc) is 2.73. The Morgan fingerprint density at radius 1 is 0.968 bits per heavy atom. The summed E-state index contributed by atoms with van der Waals surface area (Å²) in [5, 5.41) is 4.45. The third-order valence-electron chi connectivity index (χ3n) is 3.92. The van der Waals surface area contributed by atoms with Crippen LogP contribution in [0.5, 0.6) is 5.75 Å². The quantitative estimate of drug-likeness (QED) is 0.494. The van der Waals surface area contributed by atoms with Crippen molar-refractivity contribution in [1.29, 1.82) is 0 Å². The molecule has 0 radical (unpaired) electrons. The van der Waals surface area contributed by atoms with Gasteiger partial charge in [0, 0.05) is 12.2 Å². The maximum atomic E-state index is 12.1. The number of methoxy groups -OCH3 is 1. The zero-order valence-corrected chi connectivity index (χ0v) is 17.8. The van der Waals surface area contributed by atoms with Gasteiger partial charge in [0.2, 0.25) is 10.0 Å². The number of carbonyl (C=O) groups excluding carboxylic acids is 3. The molecule has 0 aromatic heterocycles. The molecule has 3 amide bonds. The minimum absolute atomic E-state index is 0.0775. The number of imide groups is 1. The van der Waals surface area contributed by atoms with Gasteiger partial charge in [-0.1, -0.05) is 17.7 Å². The molecule has 10 nitrogen and oxygen atoms in total. The maximum Gasteiger partial charge on any atom is 0.325 e. The number of esters is 1. The van der Waals surface area contributed by atoms with Crippen LogP contribution in [0.4, 0.5) is 10.5 Å². The molecular weight excluding hydrogens is 426 g/mol. The molecule has 0 spiro atoms. The second kappa shape index (κ2) is 11.1. The number of anilines is 1. The standard InChI is InChI=1S/C20H23N3O7S/c1-14-3-9-17(10-4-14)31(27,28)21-12-11-19(25)30-13-18(24)23-20(26)22-15-5-7-16(29-2)8-6-15/h3-10,21H,11-13H2,1-2H3,(H2,22,23,24,26). The maximum absolute atomic E-state index is 12.1. The predicted octanol–water partition coefficient (Wildman–Crippen LogP) is 1.56. The number of benzene rings is 2. The molecule has 0 atom stereocenters. The number of rotatable bonds is 9. The minimum atomic E-state index is -3.75. The van der Waals surface area contributed by atoms with Crippen LogP contribution >= 0.6 is 0 Å². The Bertz CT molecular complexity index is 1020. The summed E-state index contributed by atoms with van der Waals surface area (Å²) in [5.74, 6) is -1.02. The summed E-state index contributed by atoms with van der Waals surface area (Å²) in [4.78, 5) is 35.3. The summed E-state index contributed by atoms with van der Waals surface area (Å²) in [6.07, 6.45) is -0.281. The first kappa shape index (κ1) is 23.8. The van der Waals surface area contributed by atoms with E-state index in [0.29, 0.717) is 11.4 Å². The molecule has 0 bridgehead atoms. The van der Waals surface area contributed by atoms with Crippen LogP contribution in [0, 0.1) is 6.92 Å². The Morgan fingerprint density at radius 3 is 2.23 bits per heavy atom. The van der Waals surface area contributed by atoms with Crippen molar-refractivity contribution in [2.75, 3.05) is 25.6 Å². The fraction of sp³-hybridized carbons (Fsp3) is 0.250. The number of ether oxygens (including phenoxy) is 2. The average molecular weight is 449 g/mol. The molecule has 2 aromatic carbocycles. The van der Waals surface area contributed by atoms with Crippen LogP contribution in [0.2, 0.25) is 0 Å². The van der Waals surface area contributed by atoms with Crippen LogP contribution in [0.1, 0.15) is 12.0 Å². The van der Waals surface area contributed by atoms with Gasteiger partial charge in [-0.2, -0.15) is 0 Å². The van der Waals surface area contributed by atoms with Gasteiger partial charge >= 0.3 is 12.0 Å². The monoisotopic (exact) mass is 449 g/mol. The highest BCUT2D eigenvalue weighted by Crippen LogP contribution is 2.14. The van der Waals surface area contributed by atoms with Gasteiger partial charge in [-0.25, -0.2) is 17.9 Å². The van der Waals surface area contributed by atoms with Gasteiger partial charge in [0.1, 0.15) is 5.75 Å². The second-order valence-corrected chi connectivity index (χ2v) is 8.12. The van der Waals surface area contributed by atoms with Crippen molar-refractivity contribution in [2.45, 2.75) is 18.2 Å². The molecule has 2 rings (SSSR count). The van der Waals surface area contributed by atoms with E-state index < -0.39 is 34.5 Å². The number of sulfonamides is 1. The Labute approximate surface area is 180 Å². The Balaban J connectivity index is 1.68. The number of hydrogen-bond acceptors (Lipinski definition) is 7. The fourth-order valence-corrected chi connectivity index (χ4v) is 3.34. The van der Waals surface area contributed by atoms with Crippen molar-refractivity contribution in [2.24, 2.45) is 0 Å². The lowest BCUT2D eigenvalue weighted by atomic mass is 10.2. The zero-order valence-electron chi connectivity index (χ0n) is 17.0. The van der Waals surface area contributed by atoms with Crippen LogP contribution < -0.4 is 20.1 Å². The summed E-state index contributed by atoms with van der Waals surface area (Å²) < 4.78 is 36.3. The van der Waals surface area contributed by atoms with Crippen molar-refractivity contribution in [3.05, 3.63) is 54.1 Å². The van der Waals surface area contributed by atoms with Gasteiger partial charge < -0.3 is 14.8 Å². The van der Waals surface area contributed by atoms with Crippen molar-refractivity contribution >= 4 is 33.6 Å². The highest BCUT2D eigenvalue weighted by molar-refractivity contribution is 7.89. The molecule has 166 valence electrons. The van der Waals surface area contributed by atoms with Crippen LogP contribution in [-0.2, 0) is 24.3 Å². The molecule has 0 aliphatic carbocycles. The Kier molecular flexibility index (Phi) is 8.53. The van der Waals surface area contributed by atoms with Crippen molar-refractivity contribution in [3.8, 4) is 5.75 Å². The van der Waals surface area contributed by atoms with E-state index in [-0.39, 0.29) is 17.9 Å².